The normalized spacial score (nSPS) is 23.5. The van der Waals surface area contributed by atoms with E-state index in [9.17, 15) is 0 Å². The summed E-state index contributed by atoms with van der Waals surface area (Å²) in [5.41, 5.74) is 0.0729. The molecule has 1 fully saturated rings. The average molecular weight is 186 g/mol. The Morgan fingerprint density at radius 1 is 0.923 bits per heavy atom. The summed E-state index contributed by atoms with van der Waals surface area (Å²) in [6.45, 7) is 14.4. The van der Waals surface area contributed by atoms with Crippen molar-refractivity contribution in [3.8, 4) is 0 Å². The van der Waals surface area contributed by atoms with Crippen LogP contribution >= 0.6 is 0 Å². The highest BCUT2D eigenvalue weighted by molar-refractivity contribution is 5.02. The van der Waals surface area contributed by atoms with E-state index in [1.165, 1.54) is 0 Å². The van der Waals surface area contributed by atoms with Gasteiger partial charge in [-0.25, -0.2) is 0 Å². The fourth-order valence-corrected chi connectivity index (χ4v) is 2.36. The maximum absolute atomic E-state index is 5.85. The monoisotopic (exact) mass is 186 g/mol. The number of rotatable bonds is 0. The van der Waals surface area contributed by atoms with Gasteiger partial charge in [-0.2, -0.15) is 0 Å². The molecule has 1 aliphatic heterocycles. The fourth-order valence-electron chi connectivity index (χ4n) is 2.36. The molecule has 0 bridgehead atoms. The summed E-state index contributed by atoms with van der Waals surface area (Å²) in [7, 11) is 0. The maximum atomic E-state index is 5.85. The average Bonchev–Trinajstić information content (AvgIpc) is 2.28. The van der Waals surface area contributed by atoms with Crippen molar-refractivity contribution in [2.75, 3.05) is 13.4 Å². The molecular formula is C11H22O2. The highest BCUT2D eigenvalue weighted by atomic mass is 16.7. The first-order valence-corrected chi connectivity index (χ1v) is 4.92. The molecule has 13 heavy (non-hydrogen) atoms. The Bertz CT molecular complexity index is 161. The maximum Gasteiger partial charge on any atom is 0.147 e. The van der Waals surface area contributed by atoms with Gasteiger partial charge in [0.15, 0.2) is 0 Å². The standard InChI is InChI=1S/C11H22O2/c1-9(2,3)11(10(4,5)6)7-12-8-13-11/h7-8H2,1-6H3. The molecule has 0 unspecified atom stereocenters. The van der Waals surface area contributed by atoms with E-state index in [2.05, 4.69) is 41.5 Å². The molecule has 0 aromatic heterocycles. The van der Waals surface area contributed by atoms with Crippen LogP contribution < -0.4 is 0 Å². The molecule has 78 valence electrons. The molecule has 0 radical (unpaired) electrons. The largest absolute Gasteiger partial charge is 0.352 e. The van der Waals surface area contributed by atoms with Crippen LogP contribution in [0.4, 0.5) is 0 Å². The van der Waals surface area contributed by atoms with Gasteiger partial charge < -0.3 is 9.47 Å². The van der Waals surface area contributed by atoms with Crippen LogP contribution in [0.5, 0.6) is 0 Å². The topological polar surface area (TPSA) is 18.5 Å². The van der Waals surface area contributed by atoms with Gasteiger partial charge in [0.2, 0.25) is 0 Å². The Morgan fingerprint density at radius 2 is 1.38 bits per heavy atom. The number of ether oxygens (including phenoxy) is 2. The number of hydrogen-bond acceptors (Lipinski definition) is 2. The van der Waals surface area contributed by atoms with Crippen molar-refractivity contribution in [1.82, 2.24) is 0 Å². The minimum atomic E-state index is -0.153. The Morgan fingerprint density at radius 3 is 1.54 bits per heavy atom. The minimum Gasteiger partial charge on any atom is -0.352 e. The van der Waals surface area contributed by atoms with Crippen molar-refractivity contribution in [1.29, 1.82) is 0 Å². The second kappa shape index (κ2) is 2.96. The Hall–Kier alpha value is -0.0800. The van der Waals surface area contributed by atoms with Crippen LogP contribution in [0, 0.1) is 10.8 Å². The van der Waals surface area contributed by atoms with Crippen LogP contribution in [0.1, 0.15) is 41.5 Å². The summed E-state index contributed by atoms with van der Waals surface area (Å²) in [4.78, 5) is 0. The van der Waals surface area contributed by atoms with Gasteiger partial charge in [-0.15, -0.1) is 0 Å². The third-order valence-corrected chi connectivity index (χ3v) is 3.12. The van der Waals surface area contributed by atoms with E-state index in [-0.39, 0.29) is 16.4 Å². The van der Waals surface area contributed by atoms with E-state index in [1.807, 2.05) is 0 Å². The first-order chi connectivity index (χ1) is 5.71. The SMILES string of the molecule is CC(C)(C)C1(C(C)(C)C)COCO1. The molecule has 0 saturated carbocycles. The van der Waals surface area contributed by atoms with Crippen LogP contribution in [0.2, 0.25) is 0 Å². The van der Waals surface area contributed by atoms with Crippen molar-refractivity contribution in [3.63, 3.8) is 0 Å². The van der Waals surface area contributed by atoms with Gasteiger partial charge in [0, 0.05) is 0 Å². The first-order valence-electron chi connectivity index (χ1n) is 4.92. The Balaban J connectivity index is 3.02. The Labute approximate surface area is 81.6 Å². The van der Waals surface area contributed by atoms with Crippen LogP contribution in [-0.2, 0) is 9.47 Å². The summed E-state index contributed by atoms with van der Waals surface area (Å²) < 4.78 is 11.2. The van der Waals surface area contributed by atoms with Gasteiger partial charge in [-0.05, 0) is 10.8 Å². The van der Waals surface area contributed by atoms with Crippen LogP contribution in [0.15, 0.2) is 0 Å². The lowest BCUT2D eigenvalue weighted by molar-refractivity contribution is -0.141. The molecule has 0 N–H and O–H groups in total. The van der Waals surface area contributed by atoms with E-state index in [0.29, 0.717) is 13.4 Å². The zero-order chi connectivity index (χ0) is 10.3. The third-order valence-electron chi connectivity index (χ3n) is 3.12. The zero-order valence-corrected chi connectivity index (χ0v) is 9.73. The van der Waals surface area contributed by atoms with Crippen molar-refractivity contribution in [2.24, 2.45) is 10.8 Å². The molecule has 1 heterocycles. The second-order valence-electron chi connectivity index (χ2n) is 5.94. The number of hydrogen-bond donors (Lipinski definition) is 0. The predicted molar refractivity (Wildman–Crippen MR) is 53.5 cm³/mol. The van der Waals surface area contributed by atoms with E-state index < -0.39 is 0 Å². The molecule has 1 rings (SSSR count). The summed E-state index contributed by atoms with van der Waals surface area (Å²) >= 11 is 0. The van der Waals surface area contributed by atoms with E-state index in [1.54, 1.807) is 0 Å². The fraction of sp³-hybridized carbons (Fsp3) is 1.00. The molecule has 2 heteroatoms. The van der Waals surface area contributed by atoms with Gasteiger partial charge in [-0.3, -0.25) is 0 Å². The van der Waals surface area contributed by atoms with Gasteiger partial charge in [0.05, 0.1) is 6.61 Å². The smallest absolute Gasteiger partial charge is 0.147 e. The molecule has 0 atom stereocenters. The van der Waals surface area contributed by atoms with Gasteiger partial charge >= 0.3 is 0 Å². The molecule has 0 spiro atoms. The molecule has 0 aliphatic carbocycles. The van der Waals surface area contributed by atoms with Crippen molar-refractivity contribution < 1.29 is 9.47 Å². The summed E-state index contributed by atoms with van der Waals surface area (Å²) in [5.74, 6) is 0. The molecule has 0 aromatic carbocycles. The lowest BCUT2D eigenvalue weighted by Gasteiger charge is -2.48. The van der Waals surface area contributed by atoms with Crippen LogP contribution in [-0.4, -0.2) is 19.0 Å². The van der Waals surface area contributed by atoms with Crippen molar-refractivity contribution >= 4 is 0 Å². The third kappa shape index (κ3) is 1.62. The lowest BCUT2D eigenvalue weighted by atomic mass is 9.63. The van der Waals surface area contributed by atoms with Gasteiger partial charge in [-0.1, -0.05) is 41.5 Å². The summed E-state index contributed by atoms with van der Waals surface area (Å²) in [6.07, 6.45) is 0. The molecule has 1 saturated heterocycles. The lowest BCUT2D eigenvalue weighted by Crippen LogP contribution is -2.55. The van der Waals surface area contributed by atoms with Crippen molar-refractivity contribution in [2.45, 2.75) is 47.1 Å². The molecule has 2 nitrogen and oxygen atoms in total. The molecule has 0 amide bonds. The zero-order valence-electron chi connectivity index (χ0n) is 9.73. The molecular weight excluding hydrogens is 164 g/mol. The molecule has 0 aromatic rings. The van der Waals surface area contributed by atoms with E-state index >= 15 is 0 Å². The first kappa shape index (κ1) is 11.0. The minimum absolute atomic E-state index is 0.113. The highest BCUT2D eigenvalue weighted by Crippen LogP contribution is 2.48. The van der Waals surface area contributed by atoms with E-state index in [4.69, 9.17) is 9.47 Å². The second-order valence-corrected chi connectivity index (χ2v) is 5.94. The van der Waals surface area contributed by atoms with E-state index in [0.717, 1.165) is 0 Å². The highest BCUT2D eigenvalue weighted by Gasteiger charge is 2.54. The molecule has 1 aliphatic rings. The summed E-state index contributed by atoms with van der Waals surface area (Å²) in [6, 6.07) is 0. The van der Waals surface area contributed by atoms with Crippen LogP contribution in [0.25, 0.3) is 0 Å². The van der Waals surface area contributed by atoms with Gasteiger partial charge in [0.25, 0.3) is 0 Å². The predicted octanol–water partition coefficient (Wildman–Crippen LogP) is 2.82. The Kier molecular flexibility index (Phi) is 2.50. The van der Waals surface area contributed by atoms with Crippen LogP contribution in [0.3, 0.4) is 0 Å². The van der Waals surface area contributed by atoms with Crippen molar-refractivity contribution in [3.05, 3.63) is 0 Å². The summed E-state index contributed by atoms with van der Waals surface area (Å²) in [5, 5.41) is 0. The van der Waals surface area contributed by atoms with Gasteiger partial charge in [0.1, 0.15) is 12.4 Å². The quantitative estimate of drug-likeness (QED) is 0.579.